The van der Waals surface area contributed by atoms with Crippen LogP contribution >= 0.6 is 0 Å². The Kier molecular flexibility index (Phi) is 5.01. The Morgan fingerprint density at radius 2 is 1.95 bits per heavy atom. The fourth-order valence-corrected chi connectivity index (χ4v) is 3.16. The molecule has 2 aliphatic heterocycles. The molecule has 0 spiro atoms. The summed E-state index contributed by atoms with van der Waals surface area (Å²) in [6.07, 6.45) is 4.41. The van der Waals surface area contributed by atoms with E-state index in [-0.39, 0.29) is 0 Å². The van der Waals surface area contributed by atoms with Crippen LogP contribution < -0.4 is 9.47 Å². The van der Waals surface area contributed by atoms with E-state index in [1.807, 2.05) is 31.2 Å². The third-order valence-corrected chi connectivity index (χ3v) is 4.45. The van der Waals surface area contributed by atoms with Crippen molar-refractivity contribution in [3.8, 4) is 11.5 Å². The minimum atomic E-state index is 0.429. The quantitative estimate of drug-likeness (QED) is 0.756. The smallest absolute Gasteiger partial charge is 0.161 e. The van der Waals surface area contributed by atoms with Crippen molar-refractivity contribution in [2.24, 2.45) is 0 Å². The number of ether oxygens (including phenoxy) is 3. The Morgan fingerprint density at radius 1 is 1.18 bits per heavy atom. The first-order chi connectivity index (χ1) is 10.8. The normalized spacial score (nSPS) is 24.7. The van der Waals surface area contributed by atoms with E-state index in [2.05, 4.69) is 18.0 Å². The molecule has 2 bridgehead atoms. The summed E-state index contributed by atoms with van der Waals surface area (Å²) in [5.41, 5.74) is 1.49. The number of benzene rings is 1. The lowest BCUT2D eigenvalue weighted by Crippen LogP contribution is -2.51. The second-order valence-corrected chi connectivity index (χ2v) is 5.93. The largest absolute Gasteiger partial charge is 0.490 e. The van der Waals surface area contributed by atoms with Gasteiger partial charge in [0.05, 0.1) is 32.5 Å². The lowest BCUT2D eigenvalue weighted by molar-refractivity contribution is -0.0263. The van der Waals surface area contributed by atoms with Gasteiger partial charge in [-0.3, -0.25) is 4.90 Å². The molecule has 120 valence electrons. The van der Waals surface area contributed by atoms with Gasteiger partial charge in [-0.2, -0.15) is 0 Å². The van der Waals surface area contributed by atoms with Crippen molar-refractivity contribution < 1.29 is 14.2 Å². The monoisotopic (exact) mass is 303 g/mol. The number of morpholine rings is 1. The van der Waals surface area contributed by atoms with E-state index < -0.39 is 0 Å². The first-order valence-electron chi connectivity index (χ1n) is 8.11. The molecule has 2 heterocycles. The molecule has 1 aromatic carbocycles. The minimum absolute atomic E-state index is 0.429. The van der Waals surface area contributed by atoms with Gasteiger partial charge >= 0.3 is 0 Å². The number of hydrogen-bond acceptors (Lipinski definition) is 4. The maximum absolute atomic E-state index is 5.93. The maximum atomic E-state index is 5.93. The molecule has 2 aliphatic rings. The van der Waals surface area contributed by atoms with Crippen molar-refractivity contribution in [1.82, 2.24) is 4.90 Å². The van der Waals surface area contributed by atoms with Gasteiger partial charge in [-0.05, 0) is 32.5 Å². The molecule has 0 saturated carbocycles. The molecule has 4 heteroatoms. The highest BCUT2D eigenvalue weighted by Crippen LogP contribution is 2.29. The van der Waals surface area contributed by atoms with Crippen LogP contribution in [0.25, 0.3) is 0 Å². The van der Waals surface area contributed by atoms with Crippen molar-refractivity contribution in [3.05, 3.63) is 35.9 Å². The first-order valence-corrected chi connectivity index (χ1v) is 8.11. The molecule has 0 aliphatic carbocycles. The predicted octanol–water partition coefficient (Wildman–Crippen LogP) is 2.88. The number of nitrogens with zero attached hydrogens (tertiary/aromatic N) is 1. The standard InChI is InChI=1S/C18H25NO3/c1-3-21-17-6-4-5-7-18(17)22-9-8-14-10-15-12-20-13-16(11-14)19(15)2/h4-7,10,15-16H,3,8-9,11-13H2,1-2H3. The fourth-order valence-electron chi connectivity index (χ4n) is 3.16. The van der Waals surface area contributed by atoms with E-state index in [1.165, 1.54) is 5.57 Å². The number of likely N-dealkylation sites (N-methyl/N-ethyl adjacent to an activating group) is 1. The highest BCUT2D eigenvalue weighted by Gasteiger charge is 2.31. The average molecular weight is 303 g/mol. The van der Waals surface area contributed by atoms with Gasteiger partial charge in [0.25, 0.3) is 0 Å². The number of rotatable bonds is 6. The van der Waals surface area contributed by atoms with Crippen LogP contribution in [0.15, 0.2) is 35.9 Å². The van der Waals surface area contributed by atoms with Crippen LogP contribution in [0.1, 0.15) is 19.8 Å². The van der Waals surface area contributed by atoms with Crippen LogP contribution in [0.5, 0.6) is 11.5 Å². The Balaban J connectivity index is 1.55. The highest BCUT2D eigenvalue weighted by molar-refractivity contribution is 5.39. The van der Waals surface area contributed by atoms with Gasteiger partial charge in [0.2, 0.25) is 0 Å². The molecule has 22 heavy (non-hydrogen) atoms. The Hall–Kier alpha value is -1.52. The zero-order chi connectivity index (χ0) is 15.4. The molecule has 1 aromatic rings. The lowest BCUT2D eigenvalue weighted by atomic mass is 9.93. The maximum Gasteiger partial charge on any atom is 0.161 e. The summed E-state index contributed by atoms with van der Waals surface area (Å²) >= 11 is 0. The summed E-state index contributed by atoms with van der Waals surface area (Å²) in [5.74, 6) is 1.66. The fraction of sp³-hybridized carbons (Fsp3) is 0.556. The molecule has 0 N–H and O–H groups in total. The van der Waals surface area contributed by atoms with Crippen molar-refractivity contribution >= 4 is 0 Å². The van der Waals surface area contributed by atoms with Gasteiger partial charge in [-0.25, -0.2) is 0 Å². The molecule has 0 amide bonds. The number of hydrogen-bond donors (Lipinski definition) is 0. The van der Waals surface area contributed by atoms with E-state index in [1.54, 1.807) is 0 Å². The molecule has 1 fully saturated rings. The Labute approximate surface area is 132 Å². The minimum Gasteiger partial charge on any atom is -0.490 e. The molecule has 2 atom stereocenters. The van der Waals surface area contributed by atoms with Crippen LogP contribution in [0.4, 0.5) is 0 Å². The van der Waals surface area contributed by atoms with Gasteiger partial charge in [-0.1, -0.05) is 23.8 Å². The van der Waals surface area contributed by atoms with Gasteiger partial charge in [0.1, 0.15) is 0 Å². The van der Waals surface area contributed by atoms with Gasteiger partial charge in [0, 0.05) is 12.5 Å². The number of para-hydroxylation sites is 2. The first kappa shape index (κ1) is 15.4. The second-order valence-electron chi connectivity index (χ2n) is 5.93. The van der Waals surface area contributed by atoms with Crippen LogP contribution in [0, 0.1) is 0 Å². The topological polar surface area (TPSA) is 30.9 Å². The van der Waals surface area contributed by atoms with Crippen LogP contribution in [-0.2, 0) is 4.74 Å². The summed E-state index contributed by atoms with van der Waals surface area (Å²) in [4.78, 5) is 2.43. The van der Waals surface area contributed by atoms with Crippen molar-refractivity contribution in [1.29, 1.82) is 0 Å². The molecular formula is C18H25NO3. The van der Waals surface area contributed by atoms with Gasteiger partial charge in [-0.15, -0.1) is 0 Å². The highest BCUT2D eigenvalue weighted by atomic mass is 16.5. The second kappa shape index (κ2) is 7.16. The van der Waals surface area contributed by atoms with E-state index in [4.69, 9.17) is 14.2 Å². The zero-order valence-electron chi connectivity index (χ0n) is 13.5. The molecular weight excluding hydrogens is 278 g/mol. The summed E-state index contributed by atoms with van der Waals surface area (Å²) in [6.45, 7) is 4.99. The van der Waals surface area contributed by atoms with E-state index >= 15 is 0 Å². The number of fused-ring (bicyclic) bond motifs is 2. The van der Waals surface area contributed by atoms with Crippen molar-refractivity contribution in [3.63, 3.8) is 0 Å². The summed E-state index contributed by atoms with van der Waals surface area (Å²) in [5, 5.41) is 0. The summed E-state index contributed by atoms with van der Waals surface area (Å²) in [6, 6.07) is 8.83. The van der Waals surface area contributed by atoms with E-state index in [0.717, 1.165) is 37.6 Å². The third kappa shape index (κ3) is 3.45. The SMILES string of the molecule is CCOc1ccccc1OCCC1=CC2COCC(C1)N2C. The molecule has 0 radical (unpaired) electrons. The summed E-state index contributed by atoms with van der Waals surface area (Å²) < 4.78 is 17.2. The third-order valence-electron chi connectivity index (χ3n) is 4.45. The molecule has 0 aromatic heterocycles. The van der Waals surface area contributed by atoms with Crippen LogP contribution in [-0.4, -0.2) is 50.5 Å². The lowest BCUT2D eigenvalue weighted by Gasteiger charge is -2.42. The van der Waals surface area contributed by atoms with Gasteiger partial charge in [0.15, 0.2) is 11.5 Å². The Morgan fingerprint density at radius 3 is 2.68 bits per heavy atom. The van der Waals surface area contributed by atoms with Crippen LogP contribution in [0.3, 0.4) is 0 Å². The molecule has 1 saturated heterocycles. The summed E-state index contributed by atoms with van der Waals surface area (Å²) in [7, 11) is 2.19. The van der Waals surface area contributed by atoms with Crippen molar-refractivity contribution in [2.75, 3.05) is 33.5 Å². The zero-order valence-corrected chi connectivity index (χ0v) is 13.5. The predicted molar refractivity (Wildman–Crippen MR) is 86.6 cm³/mol. The van der Waals surface area contributed by atoms with Crippen molar-refractivity contribution in [2.45, 2.75) is 31.8 Å². The Bertz CT molecular complexity index is 529. The van der Waals surface area contributed by atoms with Gasteiger partial charge < -0.3 is 14.2 Å². The molecule has 3 rings (SSSR count). The van der Waals surface area contributed by atoms with E-state index in [9.17, 15) is 0 Å². The van der Waals surface area contributed by atoms with Crippen LogP contribution in [0.2, 0.25) is 0 Å². The van der Waals surface area contributed by atoms with E-state index in [0.29, 0.717) is 25.3 Å². The average Bonchev–Trinajstić information content (AvgIpc) is 2.50. The molecule has 2 unspecified atom stereocenters. The molecule has 4 nitrogen and oxygen atoms in total.